The van der Waals surface area contributed by atoms with Gasteiger partial charge >= 0.3 is 18.2 Å². The summed E-state index contributed by atoms with van der Waals surface area (Å²) in [6, 6.07) is 8.60. The van der Waals surface area contributed by atoms with E-state index in [4.69, 9.17) is 14.3 Å². The van der Waals surface area contributed by atoms with E-state index in [9.17, 15) is 31.5 Å². The Bertz CT molecular complexity index is 1260. The third-order valence-electron chi connectivity index (χ3n) is 5.38. The normalized spacial score (nSPS) is 17.9. The van der Waals surface area contributed by atoms with Gasteiger partial charge in [-0.15, -0.1) is 0 Å². The SMILES string of the molecule is O=C(N[C@H]1CN(C(=O)O)CCC1(F)F)c1nc2cccc(-c3ccccc3OCC(F)(F)F)c2o1. The number of oxazole rings is 1. The number of halogens is 5. The van der Waals surface area contributed by atoms with Gasteiger partial charge < -0.3 is 24.5 Å². The van der Waals surface area contributed by atoms with Crippen molar-refractivity contribution in [3.05, 3.63) is 48.4 Å². The van der Waals surface area contributed by atoms with Crippen LogP contribution in [0.15, 0.2) is 46.9 Å². The molecule has 2 aromatic carbocycles. The third kappa shape index (κ3) is 5.28. The number of aromatic nitrogens is 1. The first kappa shape index (κ1) is 24.2. The van der Waals surface area contributed by atoms with Gasteiger partial charge in [0.2, 0.25) is 0 Å². The Morgan fingerprint density at radius 3 is 2.60 bits per heavy atom. The van der Waals surface area contributed by atoms with Crippen LogP contribution in [-0.2, 0) is 0 Å². The monoisotopic (exact) mass is 499 g/mol. The summed E-state index contributed by atoms with van der Waals surface area (Å²) in [6.45, 7) is -2.52. The van der Waals surface area contributed by atoms with E-state index in [0.717, 1.165) is 4.90 Å². The van der Waals surface area contributed by atoms with Gasteiger partial charge in [0.15, 0.2) is 12.2 Å². The number of piperidine rings is 1. The Kier molecular flexibility index (Phi) is 6.26. The molecule has 2 heterocycles. The van der Waals surface area contributed by atoms with E-state index in [-0.39, 0.29) is 34.5 Å². The molecule has 0 radical (unpaired) electrons. The number of nitrogens with zero attached hydrogens (tertiary/aromatic N) is 2. The Morgan fingerprint density at radius 2 is 1.89 bits per heavy atom. The van der Waals surface area contributed by atoms with Gasteiger partial charge in [-0.25, -0.2) is 18.6 Å². The number of likely N-dealkylation sites (tertiary alicyclic amines) is 1. The molecule has 13 heteroatoms. The van der Waals surface area contributed by atoms with E-state index in [1.165, 1.54) is 36.4 Å². The molecule has 0 bridgehead atoms. The minimum absolute atomic E-state index is 0.0308. The quantitative estimate of drug-likeness (QED) is 0.499. The Morgan fingerprint density at radius 1 is 1.17 bits per heavy atom. The van der Waals surface area contributed by atoms with Crippen LogP contribution in [0.1, 0.15) is 17.1 Å². The molecule has 1 aromatic heterocycles. The first-order valence-corrected chi connectivity index (χ1v) is 10.3. The maximum absolute atomic E-state index is 14.3. The van der Waals surface area contributed by atoms with Gasteiger partial charge in [-0.1, -0.05) is 30.3 Å². The van der Waals surface area contributed by atoms with Crippen LogP contribution in [0.3, 0.4) is 0 Å². The van der Waals surface area contributed by atoms with Gasteiger partial charge in [-0.2, -0.15) is 13.2 Å². The number of ether oxygens (including phenoxy) is 1. The highest BCUT2D eigenvalue weighted by Crippen LogP contribution is 2.36. The average molecular weight is 499 g/mol. The van der Waals surface area contributed by atoms with Gasteiger partial charge in [0, 0.05) is 24.1 Å². The second-order valence-corrected chi connectivity index (χ2v) is 7.84. The summed E-state index contributed by atoms with van der Waals surface area (Å²) < 4.78 is 77.0. The molecule has 35 heavy (non-hydrogen) atoms. The Balaban J connectivity index is 1.63. The lowest BCUT2D eigenvalue weighted by molar-refractivity contribution is -0.153. The van der Waals surface area contributed by atoms with Crippen molar-refractivity contribution in [1.29, 1.82) is 0 Å². The summed E-state index contributed by atoms with van der Waals surface area (Å²) in [4.78, 5) is 28.6. The van der Waals surface area contributed by atoms with Crippen molar-refractivity contribution in [1.82, 2.24) is 15.2 Å². The summed E-state index contributed by atoms with van der Waals surface area (Å²) in [6.07, 6.45) is -6.72. The van der Waals surface area contributed by atoms with Crippen molar-refractivity contribution in [2.75, 3.05) is 19.7 Å². The van der Waals surface area contributed by atoms with Crippen molar-refractivity contribution in [3.63, 3.8) is 0 Å². The van der Waals surface area contributed by atoms with Crippen LogP contribution in [0.4, 0.5) is 26.7 Å². The van der Waals surface area contributed by atoms with Gasteiger partial charge in [-0.3, -0.25) is 4.79 Å². The van der Waals surface area contributed by atoms with Crippen LogP contribution < -0.4 is 10.1 Å². The van der Waals surface area contributed by atoms with E-state index in [2.05, 4.69) is 10.3 Å². The zero-order valence-corrected chi connectivity index (χ0v) is 17.8. The van der Waals surface area contributed by atoms with E-state index in [1.807, 2.05) is 0 Å². The average Bonchev–Trinajstić information content (AvgIpc) is 3.23. The molecule has 8 nitrogen and oxygen atoms in total. The molecule has 0 spiro atoms. The summed E-state index contributed by atoms with van der Waals surface area (Å²) in [7, 11) is 0. The van der Waals surface area contributed by atoms with E-state index in [0.29, 0.717) is 0 Å². The lowest BCUT2D eigenvalue weighted by Gasteiger charge is -2.36. The van der Waals surface area contributed by atoms with E-state index >= 15 is 0 Å². The van der Waals surface area contributed by atoms with E-state index < -0.39 is 55.6 Å². The largest absolute Gasteiger partial charge is 0.483 e. The third-order valence-corrected chi connectivity index (χ3v) is 5.38. The number of fused-ring (bicyclic) bond motifs is 1. The molecule has 1 saturated heterocycles. The number of rotatable bonds is 5. The lowest BCUT2D eigenvalue weighted by atomic mass is 10.0. The molecule has 0 unspecified atom stereocenters. The smallest absolute Gasteiger partial charge is 0.422 e. The highest BCUT2D eigenvalue weighted by Gasteiger charge is 2.46. The summed E-state index contributed by atoms with van der Waals surface area (Å²) in [5.41, 5.74) is 0.692. The van der Waals surface area contributed by atoms with Crippen LogP contribution in [0, 0.1) is 0 Å². The van der Waals surface area contributed by atoms with Crippen molar-refractivity contribution >= 4 is 23.1 Å². The standard InChI is InChI=1S/C22H18F5N3O5/c23-21(24)8-9-30(20(32)33)10-16(21)29-18(31)19-28-14-6-3-5-13(17(14)35-19)12-4-1-2-7-15(12)34-11-22(25,26)27/h1-7,16H,8-11H2,(H,29,31)(H,32,33)/t16-/m0/s1. The number of amides is 2. The number of hydrogen-bond donors (Lipinski definition) is 2. The second-order valence-electron chi connectivity index (χ2n) is 7.84. The molecule has 1 aliphatic rings. The minimum Gasteiger partial charge on any atom is -0.483 e. The minimum atomic E-state index is -4.56. The number of hydrogen-bond acceptors (Lipinski definition) is 5. The first-order valence-electron chi connectivity index (χ1n) is 10.3. The number of carbonyl (C=O) groups is 2. The number of benzene rings is 2. The van der Waals surface area contributed by atoms with Gasteiger partial charge in [0.25, 0.3) is 11.8 Å². The van der Waals surface area contributed by atoms with Crippen molar-refractivity contribution in [2.45, 2.75) is 24.6 Å². The first-order chi connectivity index (χ1) is 16.4. The highest BCUT2D eigenvalue weighted by molar-refractivity contribution is 5.97. The fourth-order valence-electron chi connectivity index (χ4n) is 3.68. The molecule has 2 amide bonds. The maximum Gasteiger partial charge on any atom is 0.422 e. The number of carboxylic acid groups (broad SMARTS) is 1. The fourth-order valence-corrected chi connectivity index (χ4v) is 3.68. The van der Waals surface area contributed by atoms with Crippen LogP contribution in [-0.4, -0.2) is 64.8 Å². The Labute approximate surface area is 194 Å². The molecule has 4 rings (SSSR count). The predicted octanol–water partition coefficient (Wildman–Crippen LogP) is 4.55. The zero-order chi connectivity index (χ0) is 25.4. The summed E-state index contributed by atoms with van der Waals surface area (Å²) in [5, 5.41) is 11.2. The summed E-state index contributed by atoms with van der Waals surface area (Å²) >= 11 is 0. The second kappa shape index (κ2) is 9.04. The summed E-state index contributed by atoms with van der Waals surface area (Å²) in [5.74, 6) is -5.10. The zero-order valence-electron chi connectivity index (χ0n) is 17.8. The molecule has 186 valence electrons. The number of carbonyl (C=O) groups excluding carboxylic acids is 1. The molecule has 2 N–H and O–H groups in total. The van der Waals surface area contributed by atoms with Gasteiger partial charge in [0.1, 0.15) is 17.3 Å². The molecule has 3 aromatic rings. The van der Waals surface area contributed by atoms with Crippen molar-refractivity contribution in [2.24, 2.45) is 0 Å². The van der Waals surface area contributed by atoms with Crippen LogP contribution in [0.2, 0.25) is 0 Å². The van der Waals surface area contributed by atoms with E-state index in [1.54, 1.807) is 6.07 Å². The topological polar surface area (TPSA) is 105 Å². The number of nitrogens with one attached hydrogen (secondary N) is 1. The lowest BCUT2D eigenvalue weighted by Crippen LogP contribution is -2.59. The molecule has 1 fully saturated rings. The molecular weight excluding hydrogens is 481 g/mol. The van der Waals surface area contributed by atoms with Crippen molar-refractivity contribution < 1.29 is 45.8 Å². The van der Waals surface area contributed by atoms with Crippen LogP contribution >= 0.6 is 0 Å². The van der Waals surface area contributed by atoms with Crippen molar-refractivity contribution in [3.8, 4) is 16.9 Å². The van der Waals surface area contributed by atoms with Crippen LogP contribution in [0.5, 0.6) is 5.75 Å². The van der Waals surface area contributed by atoms with Gasteiger partial charge in [0.05, 0.1) is 6.54 Å². The van der Waals surface area contributed by atoms with Gasteiger partial charge in [-0.05, 0) is 12.1 Å². The number of alkyl halides is 5. The Hall–Kier alpha value is -3.90. The molecule has 1 atom stereocenters. The predicted molar refractivity (Wildman–Crippen MR) is 111 cm³/mol. The maximum atomic E-state index is 14.3. The number of para-hydroxylation sites is 2. The molecular formula is C22H18F5N3O5. The molecule has 1 aliphatic heterocycles. The van der Waals surface area contributed by atoms with Crippen LogP contribution in [0.25, 0.3) is 22.2 Å². The highest BCUT2D eigenvalue weighted by atomic mass is 19.4. The molecule has 0 aliphatic carbocycles. The molecule has 0 saturated carbocycles. The fraction of sp³-hybridized carbons (Fsp3) is 0.318.